The van der Waals surface area contributed by atoms with Crippen molar-refractivity contribution in [3.8, 4) is 11.9 Å². The van der Waals surface area contributed by atoms with Gasteiger partial charge in [0, 0.05) is 17.1 Å². The van der Waals surface area contributed by atoms with E-state index >= 15 is 0 Å². The van der Waals surface area contributed by atoms with Crippen LogP contribution in [0.25, 0.3) is 10.9 Å². The standard InChI is InChI=1S/C19H20N4O2/c1-12(2)8-15-18(24)21-16(19(22-15)25-3)11-23-7-6-14-9-13(10-20)4-5-17(14)23/h4-7,9,12H,8,11H2,1-3H3,(H,21,24). The van der Waals surface area contributed by atoms with Crippen LogP contribution in [-0.2, 0) is 13.0 Å². The second-order valence-corrected chi connectivity index (χ2v) is 6.43. The van der Waals surface area contributed by atoms with E-state index in [0.29, 0.717) is 41.7 Å². The highest BCUT2D eigenvalue weighted by molar-refractivity contribution is 5.81. The maximum absolute atomic E-state index is 12.3. The number of fused-ring (bicyclic) bond motifs is 1. The van der Waals surface area contributed by atoms with Crippen LogP contribution in [0.15, 0.2) is 35.3 Å². The molecule has 0 amide bonds. The van der Waals surface area contributed by atoms with Crippen molar-refractivity contribution in [2.45, 2.75) is 26.8 Å². The van der Waals surface area contributed by atoms with E-state index < -0.39 is 0 Å². The van der Waals surface area contributed by atoms with E-state index in [2.05, 4.69) is 16.0 Å². The van der Waals surface area contributed by atoms with Crippen molar-refractivity contribution in [2.75, 3.05) is 7.11 Å². The lowest BCUT2D eigenvalue weighted by Crippen LogP contribution is -2.21. The highest BCUT2D eigenvalue weighted by Gasteiger charge is 2.14. The van der Waals surface area contributed by atoms with Crippen molar-refractivity contribution in [1.29, 1.82) is 5.26 Å². The number of H-pyrrole nitrogens is 1. The molecule has 0 unspecified atom stereocenters. The number of benzene rings is 1. The molecule has 25 heavy (non-hydrogen) atoms. The number of hydrogen-bond acceptors (Lipinski definition) is 4. The molecule has 0 radical (unpaired) electrons. The molecule has 2 aromatic heterocycles. The van der Waals surface area contributed by atoms with Gasteiger partial charge in [0.25, 0.3) is 5.56 Å². The minimum Gasteiger partial charge on any atom is -0.480 e. The predicted octanol–water partition coefficient (Wildman–Crippen LogP) is 2.85. The number of nitriles is 1. The fourth-order valence-corrected chi connectivity index (χ4v) is 2.88. The fraction of sp³-hybridized carbons (Fsp3) is 0.316. The number of aromatic nitrogens is 3. The molecule has 1 aromatic carbocycles. The Hall–Kier alpha value is -3.07. The topological polar surface area (TPSA) is 83.7 Å². The van der Waals surface area contributed by atoms with Gasteiger partial charge in [0.05, 0.1) is 25.3 Å². The quantitative estimate of drug-likeness (QED) is 0.776. The molecule has 0 spiro atoms. The molecule has 0 fully saturated rings. The molecule has 0 aliphatic heterocycles. The summed E-state index contributed by atoms with van der Waals surface area (Å²) >= 11 is 0. The Labute approximate surface area is 145 Å². The molecule has 1 N–H and O–H groups in total. The Morgan fingerprint density at radius 3 is 2.84 bits per heavy atom. The number of aromatic amines is 1. The lowest BCUT2D eigenvalue weighted by molar-refractivity contribution is 0.384. The summed E-state index contributed by atoms with van der Waals surface area (Å²) < 4.78 is 7.38. The third kappa shape index (κ3) is 3.41. The summed E-state index contributed by atoms with van der Waals surface area (Å²) in [5.74, 6) is 0.776. The van der Waals surface area contributed by atoms with Crippen molar-refractivity contribution in [1.82, 2.24) is 14.5 Å². The summed E-state index contributed by atoms with van der Waals surface area (Å²) in [4.78, 5) is 19.6. The molecule has 0 aliphatic carbocycles. The summed E-state index contributed by atoms with van der Waals surface area (Å²) in [5, 5.41) is 9.98. The van der Waals surface area contributed by atoms with E-state index in [4.69, 9.17) is 10.00 Å². The first-order chi connectivity index (χ1) is 12.0. The van der Waals surface area contributed by atoms with E-state index in [9.17, 15) is 4.79 Å². The maximum Gasteiger partial charge on any atom is 0.270 e. The van der Waals surface area contributed by atoms with E-state index in [-0.39, 0.29) is 5.56 Å². The van der Waals surface area contributed by atoms with Gasteiger partial charge < -0.3 is 14.3 Å². The maximum atomic E-state index is 12.3. The number of hydrogen-bond donors (Lipinski definition) is 1. The van der Waals surface area contributed by atoms with Gasteiger partial charge in [-0.05, 0) is 36.6 Å². The number of nitrogens with zero attached hydrogens (tertiary/aromatic N) is 3. The monoisotopic (exact) mass is 336 g/mol. The molecule has 6 nitrogen and oxygen atoms in total. The van der Waals surface area contributed by atoms with Gasteiger partial charge in [-0.25, -0.2) is 4.98 Å². The van der Waals surface area contributed by atoms with Crippen LogP contribution < -0.4 is 10.3 Å². The van der Waals surface area contributed by atoms with Gasteiger partial charge in [0.15, 0.2) is 0 Å². The molecule has 2 heterocycles. The van der Waals surface area contributed by atoms with Crippen molar-refractivity contribution in [3.63, 3.8) is 0 Å². The van der Waals surface area contributed by atoms with Crippen molar-refractivity contribution in [3.05, 3.63) is 57.8 Å². The van der Waals surface area contributed by atoms with E-state index in [1.165, 1.54) is 0 Å². The average Bonchev–Trinajstić information content (AvgIpc) is 2.99. The highest BCUT2D eigenvalue weighted by atomic mass is 16.5. The lowest BCUT2D eigenvalue weighted by Gasteiger charge is -2.12. The zero-order chi connectivity index (χ0) is 18.0. The van der Waals surface area contributed by atoms with Crippen LogP contribution in [-0.4, -0.2) is 21.6 Å². The van der Waals surface area contributed by atoms with Crippen LogP contribution in [0.3, 0.4) is 0 Å². The van der Waals surface area contributed by atoms with Gasteiger partial charge in [0.1, 0.15) is 11.4 Å². The number of methoxy groups -OCH3 is 1. The first-order valence-corrected chi connectivity index (χ1v) is 8.17. The minimum absolute atomic E-state index is 0.173. The zero-order valence-electron chi connectivity index (χ0n) is 14.5. The molecule has 0 saturated heterocycles. The van der Waals surface area contributed by atoms with Crippen LogP contribution in [0.5, 0.6) is 5.88 Å². The van der Waals surface area contributed by atoms with Gasteiger partial charge in [-0.1, -0.05) is 13.8 Å². The normalized spacial score (nSPS) is 11.0. The summed E-state index contributed by atoms with van der Waals surface area (Å²) in [7, 11) is 1.55. The van der Waals surface area contributed by atoms with Gasteiger partial charge in [-0.3, -0.25) is 4.79 Å². The first kappa shape index (κ1) is 16.8. The molecule has 3 rings (SSSR count). The van der Waals surface area contributed by atoms with Crippen LogP contribution >= 0.6 is 0 Å². The smallest absolute Gasteiger partial charge is 0.270 e. The molecule has 6 heteroatoms. The Bertz CT molecular complexity index is 1010. The molecule has 0 atom stereocenters. The molecule has 3 aromatic rings. The van der Waals surface area contributed by atoms with E-state index in [1.807, 2.05) is 42.8 Å². The molecule has 128 valence electrons. The van der Waals surface area contributed by atoms with Crippen LogP contribution in [0, 0.1) is 17.2 Å². The number of nitrogens with one attached hydrogen (secondary N) is 1. The van der Waals surface area contributed by atoms with Crippen molar-refractivity contribution < 1.29 is 4.74 Å². The molecular weight excluding hydrogens is 316 g/mol. The number of rotatable bonds is 5. The first-order valence-electron chi connectivity index (χ1n) is 8.17. The van der Waals surface area contributed by atoms with E-state index in [0.717, 1.165) is 10.9 Å². The molecular formula is C19H20N4O2. The third-order valence-corrected chi connectivity index (χ3v) is 4.04. The highest BCUT2D eigenvalue weighted by Crippen LogP contribution is 2.21. The number of ether oxygens (including phenoxy) is 1. The zero-order valence-corrected chi connectivity index (χ0v) is 14.5. The van der Waals surface area contributed by atoms with Gasteiger partial charge in [-0.15, -0.1) is 0 Å². The molecule has 0 bridgehead atoms. The van der Waals surface area contributed by atoms with Crippen LogP contribution in [0.4, 0.5) is 0 Å². The second kappa shape index (κ2) is 6.81. The van der Waals surface area contributed by atoms with E-state index in [1.54, 1.807) is 13.2 Å². The predicted molar refractivity (Wildman–Crippen MR) is 95.7 cm³/mol. The SMILES string of the molecule is COc1nc(CC(C)C)c(=O)[nH]c1Cn1ccc2cc(C#N)ccc21. The van der Waals surface area contributed by atoms with Crippen LogP contribution in [0.1, 0.15) is 30.8 Å². The van der Waals surface area contributed by atoms with Crippen molar-refractivity contribution >= 4 is 10.9 Å². The largest absolute Gasteiger partial charge is 0.480 e. The van der Waals surface area contributed by atoms with Crippen molar-refractivity contribution in [2.24, 2.45) is 5.92 Å². The van der Waals surface area contributed by atoms with Gasteiger partial charge >= 0.3 is 0 Å². The summed E-state index contributed by atoms with van der Waals surface area (Å²) in [6, 6.07) is 9.61. The Morgan fingerprint density at radius 1 is 1.36 bits per heavy atom. The van der Waals surface area contributed by atoms with Gasteiger partial charge in [-0.2, -0.15) is 5.26 Å². The average molecular weight is 336 g/mol. The Balaban J connectivity index is 1.99. The summed E-state index contributed by atoms with van der Waals surface area (Å²) in [6.45, 7) is 4.52. The van der Waals surface area contributed by atoms with Gasteiger partial charge in [0.2, 0.25) is 5.88 Å². The minimum atomic E-state index is -0.173. The second-order valence-electron chi connectivity index (χ2n) is 6.43. The summed E-state index contributed by atoms with van der Waals surface area (Å²) in [5.41, 5.74) is 2.55. The Morgan fingerprint density at radius 2 is 2.16 bits per heavy atom. The fourth-order valence-electron chi connectivity index (χ4n) is 2.88. The summed E-state index contributed by atoms with van der Waals surface area (Å²) in [6.07, 6.45) is 2.53. The molecule has 0 saturated carbocycles. The third-order valence-electron chi connectivity index (χ3n) is 4.04. The molecule has 0 aliphatic rings. The van der Waals surface area contributed by atoms with Crippen LogP contribution in [0.2, 0.25) is 0 Å². The lowest BCUT2D eigenvalue weighted by atomic mass is 10.1. The Kier molecular flexibility index (Phi) is 4.57.